The van der Waals surface area contributed by atoms with Crippen LogP contribution in [0.25, 0.3) is 0 Å². The number of carbonyl (C=O) groups is 1. The molecule has 6 heteroatoms. The minimum Gasteiger partial charge on any atom is -0.462 e. The number of nitrogens with zero attached hydrogens (tertiary/aromatic N) is 2. The molecule has 0 saturated heterocycles. The highest BCUT2D eigenvalue weighted by Gasteiger charge is 2.22. The molecule has 2 N–H and O–H groups in total. The van der Waals surface area contributed by atoms with Crippen LogP contribution in [0.1, 0.15) is 37.2 Å². The minimum atomic E-state index is -0.450. The van der Waals surface area contributed by atoms with E-state index in [0.29, 0.717) is 16.8 Å². The Morgan fingerprint density at radius 1 is 1.67 bits per heavy atom. The summed E-state index contributed by atoms with van der Waals surface area (Å²) < 4.78 is 7.08. The Kier molecular flexibility index (Phi) is 3.73. The van der Waals surface area contributed by atoms with Crippen LogP contribution in [-0.2, 0) is 4.74 Å². The van der Waals surface area contributed by atoms with Crippen LogP contribution in [0.5, 0.6) is 0 Å². The first-order valence-electron chi connectivity index (χ1n) is 4.69. The molecule has 84 valence electrons. The normalized spacial score (nSPS) is 10.7. The highest BCUT2D eigenvalue weighted by molar-refractivity contribution is 9.10. The number of ether oxygens (including phenoxy) is 1. The predicted octanol–water partition coefficient (Wildman–Crippen LogP) is 1.99. The van der Waals surface area contributed by atoms with Crippen LogP contribution >= 0.6 is 15.9 Å². The summed E-state index contributed by atoms with van der Waals surface area (Å²) in [7, 11) is 0. The maximum absolute atomic E-state index is 11.5. The Labute approximate surface area is 96.7 Å². The molecule has 1 rings (SSSR count). The van der Waals surface area contributed by atoms with Gasteiger partial charge in [0, 0.05) is 6.04 Å². The van der Waals surface area contributed by atoms with Crippen molar-refractivity contribution < 1.29 is 9.53 Å². The van der Waals surface area contributed by atoms with Gasteiger partial charge in [-0.25, -0.2) is 4.79 Å². The number of nitrogens with two attached hydrogens (primary N) is 1. The van der Waals surface area contributed by atoms with E-state index in [1.807, 2.05) is 13.8 Å². The number of anilines is 1. The second-order valence-corrected chi connectivity index (χ2v) is 4.06. The molecule has 0 aliphatic rings. The van der Waals surface area contributed by atoms with Gasteiger partial charge in [-0.1, -0.05) is 0 Å². The van der Waals surface area contributed by atoms with E-state index in [4.69, 9.17) is 10.5 Å². The Morgan fingerprint density at radius 2 is 2.27 bits per heavy atom. The molecule has 1 heterocycles. The Bertz CT molecular complexity index is 374. The van der Waals surface area contributed by atoms with Crippen LogP contribution < -0.4 is 5.73 Å². The van der Waals surface area contributed by atoms with E-state index in [9.17, 15) is 4.79 Å². The molecule has 0 amide bonds. The fraction of sp³-hybridized carbons (Fsp3) is 0.556. The van der Waals surface area contributed by atoms with E-state index in [2.05, 4.69) is 21.0 Å². The summed E-state index contributed by atoms with van der Waals surface area (Å²) in [6.45, 7) is 5.96. The molecular weight excluding hydrogens is 262 g/mol. The maximum Gasteiger partial charge on any atom is 0.344 e. The van der Waals surface area contributed by atoms with Crippen molar-refractivity contribution in [3.63, 3.8) is 0 Å². The molecule has 0 spiro atoms. The van der Waals surface area contributed by atoms with Gasteiger partial charge in [0.2, 0.25) is 0 Å². The van der Waals surface area contributed by atoms with E-state index in [0.717, 1.165) is 0 Å². The topological polar surface area (TPSA) is 70.1 Å². The molecule has 0 atom stereocenters. The predicted molar refractivity (Wildman–Crippen MR) is 60.7 cm³/mol. The smallest absolute Gasteiger partial charge is 0.344 e. The number of hydrogen-bond acceptors (Lipinski definition) is 4. The molecule has 0 bridgehead atoms. The van der Waals surface area contributed by atoms with Crippen molar-refractivity contribution in [2.45, 2.75) is 26.8 Å². The molecule has 0 aliphatic carbocycles. The number of aromatic nitrogens is 2. The fourth-order valence-electron chi connectivity index (χ4n) is 1.16. The van der Waals surface area contributed by atoms with E-state index >= 15 is 0 Å². The molecule has 1 aromatic rings. The highest BCUT2D eigenvalue weighted by atomic mass is 79.9. The van der Waals surface area contributed by atoms with Gasteiger partial charge in [-0.15, -0.1) is 0 Å². The first kappa shape index (κ1) is 12.0. The zero-order valence-electron chi connectivity index (χ0n) is 8.95. The first-order chi connectivity index (χ1) is 6.99. The fourth-order valence-corrected chi connectivity index (χ4v) is 2.02. The summed E-state index contributed by atoms with van der Waals surface area (Å²) in [4.78, 5) is 11.5. The van der Waals surface area contributed by atoms with Crippen LogP contribution in [0.4, 0.5) is 5.82 Å². The summed E-state index contributed by atoms with van der Waals surface area (Å²) in [6, 6.07) is 0.129. The van der Waals surface area contributed by atoms with Crippen molar-refractivity contribution in [2.24, 2.45) is 0 Å². The number of nitrogen functional groups attached to an aromatic ring is 1. The Balaban J connectivity index is 3.13. The number of carbonyl (C=O) groups excluding carboxylic acids is 1. The lowest BCUT2D eigenvalue weighted by Crippen LogP contribution is -2.07. The third kappa shape index (κ3) is 2.31. The lowest BCUT2D eigenvalue weighted by Gasteiger charge is -2.06. The monoisotopic (exact) mass is 275 g/mol. The van der Waals surface area contributed by atoms with E-state index in [1.54, 1.807) is 11.6 Å². The molecule has 1 aromatic heterocycles. The number of esters is 1. The lowest BCUT2D eigenvalue weighted by atomic mass is 10.3. The van der Waals surface area contributed by atoms with Gasteiger partial charge in [0.05, 0.1) is 6.61 Å². The molecule has 0 aromatic carbocycles. The van der Waals surface area contributed by atoms with E-state index < -0.39 is 5.97 Å². The van der Waals surface area contributed by atoms with Crippen molar-refractivity contribution in [1.29, 1.82) is 0 Å². The van der Waals surface area contributed by atoms with Crippen LogP contribution in [0.3, 0.4) is 0 Å². The zero-order chi connectivity index (χ0) is 11.6. The molecule has 15 heavy (non-hydrogen) atoms. The summed E-state index contributed by atoms with van der Waals surface area (Å²) in [5.74, 6) is -0.261. The van der Waals surface area contributed by atoms with Gasteiger partial charge in [0.15, 0.2) is 5.82 Å². The molecular formula is C9H14BrN3O2. The molecule has 0 saturated carbocycles. The van der Waals surface area contributed by atoms with Gasteiger partial charge >= 0.3 is 5.97 Å². The van der Waals surface area contributed by atoms with Gasteiger partial charge in [0.1, 0.15) is 10.2 Å². The largest absolute Gasteiger partial charge is 0.462 e. The van der Waals surface area contributed by atoms with Gasteiger partial charge in [0.25, 0.3) is 0 Å². The van der Waals surface area contributed by atoms with E-state index in [-0.39, 0.29) is 11.9 Å². The van der Waals surface area contributed by atoms with Crippen LogP contribution in [-0.4, -0.2) is 22.4 Å². The second-order valence-electron chi connectivity index (χ2n) is 3.31. The van der Waals surface area contributed by atoms with Crippen molar-refractivity contribution in [3.05, 3.63) is 10.2 Å². The molecule has 0 fully saturated rings. The summed E-state index contributed by atoms with van der Waals surface area (Å²) in [6.07, 6.45) is 0. The number of rotatable bonds is 3. The zero-order valence-corrected chi connectivity index (χ0v) is 10.5. The van der Waals surface area contributed by atoms with Crippen LogP contribution in [0, 0.1) is 0 Å². The Hall–Kier alpha value is -1.04. The third-order valence-corrected chi connectivity index (χ3v) is 2.61. The van der Waals surface area contributed by atoms with Crippen LogP contribution in [0.2, 0.25) is 0 Å². The molecule has 0 radical (unpaired) electrons. The van der Waals surface area contributed by atoms with Crippen molar-refractivity contribution >= 4 is 27.7 Å². The summed E-state index contributed by atoms with van der Waals surface area (Å²) in [5, 5.41) is 4.06. The van der Waals surface area contributed by atoms with Crippen molar-refractivity contribution in [3.8, 4) is 0 Å². The number of hydrogen-bond donors (Lipinski definition) is 1. The number of halogens is 1. The SMILES string of the molecule is CCOC(=O)c1c(N)nn(C(C)C)c1Br. The van der Waals surface area contributed by atoms with E-state index in [1.165, 1.54) is 0 Å². The van der Waals surface area contributed by atoms with Gasteiger partial charge < -0.3 is 10.5 Å². The second kappa shape index (κ2) is 4.65. The summed E-state index contributed by atoms with van der Waals surface area (Å²) >= 11 is 3.29. The average Bonchev–Trinajstić information content (AvgIpc) is 2.42. The molecule has 5 nitrogen and oxygen atoms in total. The Morgan fingerprint density at radius 3 is 2.67 bits per heavy atom. The molecule has 0 aliphatic heterocycles. The first-order valence-corrected chi connectivity index (χ1v) is 5.48. The highest BCUT2D eigenvalue weighted by Crippen LogP contribution is 2.26. The average molecular weight is 276 g/mol. The van der Waals surface area contributed by atoms with Gasteiger partial charge in [-0.2, -0.15) is 5.10 Å². The standard InChI is InChI=1S/C9H14BrN3O2/c1-4-15-9(14)6-7(10)13(5(2)3)12-8(6)11/h5H,4H2,1-3H3,(H2,11,12). The van der Waals surface area contributed by atoms with Gasteiger partial charge in [-0.3, -0.25) is 4.68 Å². The van der Waals surface area contributed by atoms with Crippen molar-refractivity contribution in [2.75, 3.05) is 12.3 Å². The minimum absolute atomic E-state index is 0.129. The lowest BCUT2D eigenvalue weighted by molar-refractivity contribution is 0.0526. The third-order valence-electron chi connectivity index (χ3n) is 1.85. The van der Waals surface area contributed by atoms with Crippen LogP contribution in [0.15, 0.2) is 4.60 Å². The van der Waals surface area contributed by atoms with Gasteiger partial charge in [-0.05, 0) is 36.7 Å². The maximum atomic E-state index is 11.5. The summed E-state index contributed by atoms with van der Waals surface area (Å²) in [5.41, 5.74) is 5.95. The van der Waals surface area contributed by atoms with Crippen molar-refractivity contribution in [1.82, 2.24) is 9.78 Å². The quantitative estimate of drug-likeness (QED) is 0.857. The molecule has 0 unspecified atom stereocenters.